The predicted octanol–water partition coefficient (Wildman–Crippen LogP) is -0.623. The molecule has 17 heavy (non-hydrogen) atoms. The van der Waals surface area contributed by atoms with Crippen LogP contribution < -0.4 is 10.6 Å². The quantitative estimate of drug-likeness (QED) is 0.531. The molecule has 4 atom stereocenters. The Morgan fingerprint density at radius 1 is 1.29 bits per heavy atom. The summed E-state index contributed by atoms with van der Waals surface area (Å²) in [6.07, 6.45) is 3.86. The van der Waals surface area contributed by atoms with Gasteiger partial charge >= 0.3 is 0 Å². The fourth-order valence-corrected chi connectivity index (χ4v) is 2.70. The standard InChI is InChI=1S/C12H22N2O3/c15-9-5-10(13-7-9)12(17)14-6-8-3-1-2-4-11(8)16/h8-11,13,15-16H,1-7H2,(H,14,17)/t8-,9-,10-,11-/m0/s1. The predicted molar refractivity (Wildman–Crippen MR) is 63.4 cm³/mol. The van der Waals surface area contributed by atoms with Crippen molar-refractivity contribution in [2.24, 2.45) is 5.92 Å². The van der Waals surface area contributed by atoms with E-state index in [1.54, 1.807) is 0 Å². The Balaban J connectivity index is 1.72. The van der Waals surface area contributed by atoms with Crippen molar-refractivity contribution in [3.05, 3.63) is 0 Å². The van der Waals surface area contributed by atoms with Gasteiger partial charge in [-0.2, -0.15) is 0 Å². The van der Waals surface area contributed by atoms with E-state index in [1.807, 2.05) is 0 Å². The highest BCUT2D eigenvalue weighted by Gasteiger charge is 2.29. The van der Waals surface area contributed by atoms with E-state index in [4.69, 9.17) is 0 Å². The maximum absolute atomic E-state index is 11.8. The lowest BCUT2D eigenvalue weighted by atomic mass is 9.86. The van der Waals surface area contributed by atoms with Gasteiger partial charge in [-0.3, -0.25) is 4.79 Å². The second kappa shape index (κ2) is 5.80. The third-order valence-corrected chi connectivity index (χ3v) is 3.83. The van der Waals surface area contributed by atoms with Gasteiger partial charge in [0.15, 0.2) is 0 Å². The average Bonchev–Trinajstić information content (AvgIpc) is 2.74. The molecule has 2 aliphatic rings. The highest BCUT2D eigenvalue weighted by Crippen LogP contribution is 2.23. The van der Waals surface area contributed by atoms with E-state index in [9.17, 15) is 15.0 Å². The Labute approximate surface area is 102 Å². The Morgan fingerprint density at radius 3 is 2.71 bits per heavy atom. The largest absolute Gasteiger partial charge is 0.393 e. The average molecular weight is 242 g/mol. The van der Waals surface area contributed by atoms with Crippen LogP contribution in [0.15, 0.2) is 0 Å². The van der Waals surface area contributed by atoms with Crippen LogP contribution in [0.2, 0.25) is 0 Å². The van der Waals surface area contributed by atoms with Crippen LogP contribution in [0, 0.1) is 5.92 Å². The van der Waals surface area contributed by atoms with Gasteiger partial charge in [-0.05, 0) is 19.3 Å². The Bertz CT molecular complexity index is 272. The number of rotatable bonds is 3. The van der Waals surface area contributed by atoms with Crippen molar-refractivity contribution in [3.63, 3.8) is 0 Å². The molecule has 1 heterocycles. The van der Waals surface area contributed by atoms with Gasteiger partial charge in [0.25, 0.3) is 0 Å². The van der Waals surface area contributed by atoms with Crippen LogP contribution in [0.3, 0.4) is 0 Å². The van der Waals surface area contributed by atoms with E-state index in [1.165, 1.54) is 0 Å². The first-order valence-corrected chi connectivity index (χ1v) is 6.54. The first-order chi connectivity index (χ1) is 8.16. The minimum Gasteiger partial charge on any atom is -0.393 e. The summed E-state index contributed by atoms with van der Waals surface area (Å²) in [5, 5.41) is 25.0. The van der Waals surface area contributed by atoms with Crippen LogP contribution in [0.25, 0.3) is 0 Å². The fraction of sp³-hybridized carbons (Fsp3) is 0.917. The van der Waals surface area contributed by atoms with E-state index in [-0.39, 0.29) is 24.0 Å². The minimum atomic E-state index is -0.411. The normalized spacial score (nSPS) is 38.0. The van der Waals surface area contributed by atoms with Crippen LogP contribution in [0.1, 0.15) is 32.1 Å². The third kappa shape index (κ3) is 3.40. The molecule has 4 N–H and O–H groups in total. The van der Waals surface area contributed by atoms with Crippen molar-refractivity contribution in [1.82, 2.24) is 10.6 Å². The molecule has 1 amide bonds. The van der Waals surface area contributed by atoms with Gasteiger partial charge in [0.1, 0.15) is 0 Å². The van der Waals surface area contributed by atoms with E-state index in [0.29, 0.717) is 19.5 Å². The SMILES string of the molecule is O=C(NC[C@@H]1CCCC[C@@H]1O)[C@@H]1C[C@H](O)CN1. The second-order valence-electron chi connectivity index (χ2n) is 5.21. The number of nitrogens with one attached hydrogen (secondary N) is 2. The smallest absolute Gasteiger partial charge is 0.237 e. The lowest BCUT2D eigenvalue weighted by molar-refractivity contribution is -0.123. The van der Waals surface area contributed by atoms with E-state index < -0.39 is 6.10 Å². The topological polar surface area (TPSA) is 81.6 Å². The van der Waals surface area contributed by atoms with Gasteiger partial charge in [-0.25, -0.2) is 0 Å². The molecule has 0 radical (unpaired) electrons. The molecule has 98 valence electrons. The Hall–Kier alpha value is -0.650. The molecule has 5 heteroatoms. The van der Waals surface area contributed by atoms with Crippen molar-refractivity contribution in [3.8, 4) is 0 Å². The van der Waals surface area contributed by atoms with Gasteiger partial charge in [0.2, 0.25) is 5.91 Å². The van der Waals surface area contributed by atoms with Crippen molar-refractivity contribution in [2.45, 2.75) is 50.4 Å². The third-order valence-electron chi connectivity index (χ3n) is 3.83. The molecular weight excluding hydrogens is 220 g/mol. The summed E-state index contributed by atoms with van der Waals surface area (Å²) in [5.74, 6) is 0.137. The minimum absolute atomic E-state index is 0.0562. The van der Waals surface area contributed by atoms with Crippen LogP contribution in [0.4, 0.5) is 0 Å². The second-order valence-corrected chi connectivity index (χ2v) is 5.21. The molecule has 5 nitrogen and oxygen atoms in total. The molecule has 0 unspecified atom stereocenters. The number of carbonyl (C=O) groups excluding carboxylic acids is 1. The summed E-state index contributed by atoms with van der Waals surface area (Å²) >= 11 is 0. The number of hydrogen-bond acceptors (Lipinski definition) is 4. The van der Waals surface area contributed by atoms with Gasteiger partial charge in [0.05, 0.1) is 18.2 Å². The van der Waals surface area contributed by atoms with E-state index >= 15 is 0 Å². The summed E-state index contributed by atoms with van der Waals surface area (Å²) < 4.78 is 0. The van der Waals surface area contributed by atoms with Crippen LogP contribution in [0.5, 0.6) is 0 Å². The molecule has 0 aromatic heterocycles. The van der Waals surface area contributed by atoms with Crippen molar-refractivity contribution in [1.29, 1.82) is 0 Å². The van der Waals surface area contributed by atoms with E-state index in [2.05, 4.69) is 10.6 Å². The monoisotopic (exact) mass is 242 g/mol. The lowest BCUT2D eigenvalue weighted by Crippen LogP contribution is -2.44. The molecule has 1 saturated carbocycles. The molecule has 2 rings (SSSR count). The number of aliphatic hydroxyl groups excluding tert-OH is 2. The zero-order chi connectivity index (χ0) is 12.3. The van der Waals surface area contributed by atoms with Crippen LogP contribution in [-0.4, -0.2) is 47.5 Å². The molecule has 0 aromatic rings. The van der Waals surface area contributed by atoms with Gasteiger partial charge < -0.3 is 20.8 Å². The first kappa shape index (κ1) is 12.8. The number of β-amino-alcohol motifs (C(OH)–C–C–N with tert-alkyl or cyclic N) is 1. The number of hydrogen-bond donors (Lipinski definition) is 4. The van der Waals surface area contributed by atoms with Gasteiger partial charge in [-0.1, -0.05) is 12.8 Å². The summed E-state index contributed by atoms with van der Waals surface area (Å²) in [5.41, 5.74) is 0. The summed E-state index contributed by atoms with van der Waals surface area (Å²) in [7, 11) is 0. The highest BCUT2D eigenvalue weighted by molar-refractivity contribution is 5.82. The first-order valence-electron chi connectivity index (χ1n) is 6.54. The maximum atomic E-state index is 11.8. The molecule has 0 aromatic carbocycles. The van der Waals surface area contributed by atoms with Gasteiger partial charge in [-0.15, -0.1) is 0 Å². The molecule has 1 aliphatic heterocycles. The van der Waals surface area contributed by atoms with Crippen molar-refractivity contribution >= 4 is 5.91 Å². The summed E-state index contributed by atoms with van der Waals surface area (Å²) in [4.78, 5) is 11.8. The van der Waals surface area contributed by atoms with Crippen molar-refractivity contribution < 1.29 is 15.0 Å². The van der Waals surface area contributed by atoms with Gasteiger partial charge in [0, 0.05) is 19.0 Å². The maximum Gasteiger partial charge on any atom is 0.237 e. The zero-order valence-electron chi connectivity index (χ0n) is 10.1. The molecule has 0 bridgehead atoms. The molecule has 2 fully saturated rings. The zero-order valence-corrected chi connectivity index (χ0v) is 10.1. The number of carbonyl (C=O) groups is 1. The van der Waals surface area contributed by atoms with Crippen LogP contribution in [-0.2, 0) is 4.79 Å². The molecular formula is C12H22N2O3. The summed E-state index contributed by atoms with van der Waals surface area (Å²) in [6.45, 7) is 1.04. The molecule has 1 saturated heterocycles. The number of amides is 1. The Morgan fingerprint density at radius 2 is 2.06 bits per heavy atom. The molecule has 0 spiro atoms. The molecule has 1 aliphatic carbocycles. The number of aliphatic hydroxyl groups is 2. The lowest BCUT2D eigenvalue weighted by Gasteiger charge is -2.28. The van der Waals surface area contributed by atoms with Crippen molar-refractivity contribution in [2.75, 3.05) is 13.1 Å². The fourth-order valence-electron chi connectivity index (χ4n) is 2.70. The summed E-state index contributed by atoms with van der Waals surface area (Å²) in [6, 6.07) is -0.272. The van der Waals surface area contributed by atoms with Crippen LogP contribution >= 0.6 is 0 Å². The Kier molecular flexibility index (Phi) is 4.36. The van der Waals surface area contributed by atoms with E-state index in [0.717, 1.165) is 25.7 Å². The highest BCUT2D eigenvalue weighted by atomic mass is 16.3.